The molecule has 0 fully saturated rings. The molecule has 3 N–H and O–H groups in total. The predicted octanol–water partition coefficient (Wildman–Crippen LogP) is 22.4. The Balaban J connectivity index is 5.23. The van der Waals surface area contributed by atoms with Gasteiger partial charge in [-0.3, -0.25) is 37.3 Å². The van der Waals surface area contributed by atoms with E-state index in [-0.39, 0.29) is 25.7 Å². The van der Waals surface area contributed by atoms with Crippen LogP contribution in [0.3, 0.4) is 0 Å². The first-order chi connectivity index (χ1) is 46.2. The van der Waals surface area contributed by atoms with Gasteiger partial charge in [0.05, 0.1) is 26.4 Å². The second-order valence-electron chi connectivity index (χ2n) is 29.2. The molecule has 17 nitrogen and oxygen atoms in total. The maximum absolute atomic E-state index is 13.1. The summed E-state index contributed by atoms with van der Waals surface area (Å²) in [7, 11) is -9.92. The summed E-state index contributed by atoms with van der Waals surface area (Å²) in [4.78, 5) is 72.8. The van der Waals surface area contributed by atoms with E-state index in [1.807, 2.05) is 0 Å². The minimum atomic E-state index is -4.96. The number of rotatable bonds is 74. The lowest BCUT2D eigenvalue weighted by atomic mass is 9.99. The van der Waals surface area contributed by atoms with Crippen molar-refractivity contribution in [3.63, 3.8) is 0 Å². The van der Waals surface area contributed by atoms with Gasteiger partial charge in [0, 0.05) is 25.7 Å². The van der Waals surface area contributed by atoms with E-state index in [0.717, 1.165) is 120 Å². The van der Waals surface area contributed by atoms with Crippen molar-refractivity contribution in [1.82, 2.24) is 0 Å². The number of esters is 4. The summed E-state index contributed by atoms with van der Waals surface area (Å²) in [5.74, 6) is 0.977. The van der Waals surface area contributed by atoms with Gasteiger partial charge in [-0.1, -0.05) is 338 Å². The van der Waals surface area contributed by atoms with Gasteiger partial charge < -0.3 is 33.8 Å². The smallest absolute Gasteiger partial charge is 0.462 e. The highest BCUT2D eigenvalue weighted by molar-refractivity contribution is 7.47. The number of unbranched alkanes of at least 4 members (excludes halogenated alkanes) is 38. The molecule has 7 atom stereocenters. The van der Waals surface area contributed by atoms with Gasteiger partial charge in [-0.05, 0) is 49.4 Å². The molecule has 0 saturated heterocycles. The van der Waals surface area contributed by atoms with Crippen LogP contribution in [0.25, 0.3) is 0 Å². The van der Waals surface area contributed by atoms with Crippen LogP contribution in [0.2, 0.25) is 0 Å². The first kappa shape index (κ1) is 94.1. The van der Waals surface area contributed by atoms with Gasteiger partial charge in [-0.25, -0.2) is 9.13 Å². The molecular weight excluding hydrogens is 1260 g/mol. The molecular formula is C77H150O17P2. The molecule has 0 aromatic carbocycles. The van der Waals surface area contributed by atoms with Gasteiger partial charge in [-0.15, -0.1) is 0 Å². The molecule has 0 aliphatic heterocycles. The van der Waals surface area contributed by atoms with Crippen molar-refractivity contribution in [2.24, 2.45) is 23.7 Å². The Labute approximate surface area is 588 Å². The lowest BCUT2D eigenvalue weighted by molar-refractivity contribution is -0.161. The second kappa shape index (κ2) is 66.3. The average molecular weight is 1410 g/mol. The van der Waals surface area contributed by atoms with E-state index < -0.39 is 97.5 Å². The van der Waals surface area contributed by atoms with Crippen molar-refractivity contribution in [2.75, 3.05) is 39.6 Å². The topological polar surface area (TPSA) is 237 Å². The molecule has 0 spiro atoms. The van der Waals surface area contributed by atoms with Crippen LogP contribution in [0, 0.1) is 23.7 Å². The largest absolute Gasteiger partial charge is 0.472 e. The van der Waals surface area contributed by atoms with E-state index in [0.29, 0.717) is 25.7 Å². The fourth-order valence-electron chi connectivity index (χ4n) is 11.7. The standard InChI is InChI=1S/C77H150O17P2/c1-9-69(7)55-47-39-31-24-20-16-12-14-18-22-26-34-44-52-60-77(82)94-73(64-88-75(80)58-50-42-36-35-40-48-56-70(8)10-2)66-92-96(85,86)90-62-71(78)61-89-95(83,84)91-65-72(63-87-74(79)57-49-41-32-28-27-30-38-46-54-68(5)6)93-76(81)59-51-43-33-25-21-17-13-11-15-19-23-29-37-45-53-67(3)4/h67-73,78H,9-66H2,1-8H3,(H,83,84)(H,85,86)/t69?,70?,71-,72-,73-/m1/s1. The number of carbonyl (C=O) groups is 4. The minimum Gasteiger partial charge on any atom is -0.462 e. The minimum absolute atomic E-state index is 0.106. The molecule has 0 aliphatic rings. The van der Waals surface area contributed by atoms with Crippen molar-refractivity contribution in [2.45, 2.75) is 408 Å². The van der Waals surface area contributed by atoms with Crippen LogP contribution >= 0.6 is 15.6 Å². The van der Waals surface area contributed by atoms with E-state index in [1.54, 1.807) is 0 Å². The zero-order valence-corrected chi connectivity index (χ0v) is 64.8. The summed E-state index contributed by atoms with van der Waals surface area (Å²) in [6.45, 7) is 14.2. The molecule has 0 aliphatic carbocycles. The summed E-state index contributed by atoms with van der Waals surface area (Å²) in [5, 5.41) is 10.6. The Bertz CT molecular complexity index is 1890. The number of ether oxygens (including phenoxy) is 4. The Morgan fingerprint density at radius 2 is 0.500 bits per heavy atom. The van der Waals surface area contributed by atoms with Gasteiger partial charge in [0.1, 0.15) is 19.3 Å². The fraction of sp³-hybridized carbons (Fsp3) is 0.948. The first-order valence-electron chi connectivity index (χ1n) is 39.8. The summed E-state index contributed by atoms with van der Waals surface area (Å²) in [5.41, 5.74) is 0. The highest BCUT2D eigenvalue weighted by Crippen LogP contribution is 2.45. The molecule has 0 bridgehead atoms. The fourth-order valence-corrected chi connectivity index (χ4v) is 13.2. The molecule has 0 amide bonds. The van der Waals surface area contributed by atoms with Gasteiger partial charge in [-0.2, -0.15) is 0 Å². The third-order valence-electron chi connectivity index (χ3n) is 18.5. The van der Waals surface area contributed by atoms with Crippen LogP contribution in [0.4, 0.5) is 0 Å². The normalized spacial score (nSPS) is 14.7. The summed E-state index contributed by atoms with van der Waals surface area (Å²) in [6.07, 6.45) is 51.3. The molecule has 0 radical (unpaired) electrons. The third-order valence-corrected chi connectivity index (χ3v) is 20.4. The quantitative estimate of drug-likeness (QED) is 0.0222. The number of carbonyl (C=O) groups excluding carboxylic acids is 4. The van der Waals surface area contributed by atoms with Gasteiger partial charge in [0.15, 0.2) is 12.2 Å². The molecule has 0 saturated carbocycles. The lowest BCUT2D eigenvalue weighted by Crippen LogP contribution is -2.30. The third kappa shape index (κ3) is 67.9. The molecule has 0 aromatic heterocycles. The first-order valence-corrected chi connectivity index (χ1v) is 42.8. The number of aliphatic hydroxyl groups is 1. The van der Waals surface area contributed by atoms with Crippen LogP contribution in [-0.2, 0) is 65.4 Å². The van der Waals surface area contributed by atoms with Crippen molar-refractivity contribution in [3.8, 4) is 0 Å². The molecule has 570 valence electrons. The number of hydrogen-bond acceptors (Lipinski definition) is 15. The molecule has 0 rings (SSSR count). The SMILES string of the molecule is CCC(C)CCCCCCCCCCCCCCCCC(=O)O[C@H](COC(=O)CCCCCCCCC(C)CC)COP(=O)(O)OC[C@H](O)COP(=O)(O)OC[C@@H](COC(=O)CCCCCCCCCCC(C)C)OC(=O)CCCCCCCCCCCCCCCCC(C)C. The van der Waals surface area contributed by atoms with Gasteiger partial charge >= 0.3 is 39.5 Å². The Hall–Kier alpha value is -1.94. The number of phosphoric ester groups is 2. The average Bonchev–Trinajstić information content (AvgIpc) is 1.49. The number of phosphoric acid groups is 2. The van der Waals surface area contributed by atoms with E-state index in [9.17, 15) is 43.2 Å². The van der Waals surface area contributed by atoms with Crippen molar-refractivity contribution in [3.05, 3.63) is 0 Å². The van der Waals surface area contributed by atoms with Crippen LogP contribution < -0.4 is 0 Å². The summed E-state index contributed by atoms with van der Waals surface area (Å²) >= 11 is 0. The molecule has 0 aromatic rings. The van der Waals surface area contributed by atoms with Crippen LogP contribution in [-0.4, -0.2) is 96.7 Å². The number of aliphatic hydroxyl groups excluding tert-OH is 1. The lowest BCUT2D eigenvalue weighted by Gasteiger charge is -2.21. The second-order valence-corrected chi connectivity index (χ2v) is 32.1. The van der Waals surface area contributed by atoms with Crippen LogP contribution in [0.1, 0.15) is 389 Å². The highest BCUT2D eigenvalue weighted by Gasteiger charge is 2.30. The molecule has 19 heteroatoms. The van der Waals surface area contributed by atoms with Crippen molar-refractivity contribution < 1.29 is 80.2 Å². The Kier molecular flexibility index (Phi) is 65.0. The van der Waals surface area contributed by atoms with Crippen molar-refractivity contribution >= 4 is 39.5 Å². The molecule has 0 heterocycles. The number of hydrogen-bond donors (Lipinski definition) is 3. The monoisotopic (exact) mass is 1410 g/mol. The predicted molar refractivity (Wildman–Crippen MR) is 391 cm³/mol. The van der Waals surface area contributed by atoms with E-state index in [2.05, 4.69) is 55.4 Å². The zero-order chi connectivity index (χ0) is 71.0. The zero-order valence-electron chi connectivity index (χ0n) is 63.0. The summed E-state index contributed by atoms with van der Waals surface area (Å²) in [6, 6.07) is 0. The van der Waals surface area contributed by atoms with E-state index in [1.165, 1.54) is 186 Å². The Morgan fingerprint density at radius 3 is 0.740 bits per heavy atom. The highest BCUT2D eigenvalue weighted by atomic mass is 31.2. The summed E-state index contributed by atoms with van der Waals surface area (Å²) < 4.78 is 68.6. The maximum Gasteiger partial charge on any atom is 0.472 e. The van der Waals surface area contributed by atoms with Crippen LogP contribution in [0.15, 0.2) is 0 Å². The van der Waals surface area contributed by atoms with E-state index >= 15 is 0 Å². The van der Waals surface area contributed by atoms with Gasteiger partial charge in [0.25, 0.3) is 0 Å². The van der Waals surface area contributed by atoms with Crippen LogP contribution in [0.5, 0.6) is 0 Å². The molecule has 4 unspecified atom stereocenters. The Morgan fingerprint density at radius 1 is 0.292 bits per heavy atom. The van der Waals surface area contributed by atoms with Gasteiger partial charge in [0.2, 0.25) is 0 Å². The maximum atomic E-state index is 13.1. The van der Waals surface area contributed by atoms with E-state index in [4.69, 9.17) is 37.0 Å². The molecule has 96 heavy (non-hydrogen) atoms. The van der Waals surface area contributed by atoms with Crippen molar-refractivity contribution in [1.29, 1.82) is 0 Å².